The summed E-state index contributed by atoms with van der Waals surface area (Å²) in [6, 6.07) is 4.43. The number of hydrogen-bond acceptors (Lipinski definition) is 4. The summed E-state index contributed by atoms with van der Waals surface area (Å²) in [7, 11) is 0. The molecule has 8 heteroatoms. The molecule has 1 atom stereocenters. The number of hydrogen-bond donors (Lipinski definition) is 3. The van der Waals surface area contributed by atoms with E-state index < -0.39 is 17.9 Å². The molecular formula is C23H29N5O3. The number of carbonyl (C=O) groups is 3. The first-order valence-electron chi connectivity index (χ1n) is 11.2. The summed E-state index contributed by atoms with van der Waals surface area (Å²) in [4.78, 5) is 41.0. The highest BCUT2D eigenvalue weighted by Crippen LogP contribution is 2.59. The largest absolute Gasteiger partial charge is 0.368 e. The van der Waals surface area contributed by atoms with Gasteiger partial charge in [0.25, 0.3) is 11.8 Å². The fourth-order valence-electron chi connectivity index (χ4n) is 6.51. The van der Waals surface area contributed by atoms with Gasteiger partial charge in [-0.2, -0.15) is 0 Å². The van der Waals surface area contributed by atoms with E-state index in [-0.39, 0.29) is 17.0 Å². The Hall–Kier alpha value is -2.90. The van der Waals surface area contributed by atoms with Crippen molar-refractivity contribution in [3.8, 4) is 0 Å². The van der Waals surface area contributed by atoms with Gasteiger partial charge in [-0.1, -0.05) is 6.07 Å². The van der Waals surface area contributed by atoms with Crippen LogP contribution in [-0.2, 0) is 4.79 Å². The highest BCUT2D eigenvalue weighted by molar-refractivity contribution is 5.97. The van der Waals surface area contributed by atoms with Crippen LogP contribution in [0.4, 0.5) is 0 Å². The number of aromatic nitrogens is 2. The molecule has 0 aliphatic heterocycles. The zero-order valence-corrected chi connectivity index (χ0v) is 17.8. The van der Waals surface area contributed by atoms with Gasteiger partial charge in [-0.25, -0.2) is 4.98 Å². The van der Waals surface area contributed by atoms with Crippen LogP contribution in [0.5, 0.6) is 0 Å². The van der Waals surface area contributed by atoms with Crippen molar-refractivity contribution in [2.45, 2.75) is 51.5 Å². The number of rotatable bonds is 6. The molecule has 4 aliphatic rings. The SMILES string of the molecule is CC(NC(=O)c1cn2c(C(=O)NCC34CC5CC(CC(C5)C3)C4)cccc2n1)C(N)=O. The molecule has 4 fully saturated rings. The summed E-state index contributed by atoms with van der Waals surface area (Å²) in [6.45, 7) is 2.23. The molecule has 0 aromatic carbocycles. The lowest BCUT2D eigenvalue weighted by Gasteiger charge is -2.56. The quantitative estimate of drug-likeness (QED) is 0.657. The summed E-state index contributed by atoms with van der Waals surface area (Å²) in [5.41, 5.74) is 6.54. The average molecular weight is 424 g/mol. The first-order chi connectivity index (χ1) is 14.8. The van der Waals surface area contributed by atoms with E-state index in [1.54, 1.807) is 22.6 Å². The Morgan fingerprint density at radius 1 is 1.13 bits per heavy atom. The first-order valence-corrected chi connectivity index (χ1v) is 11.2. The van der Waals surface area contributed by atoms with Gasteiger partial charge in [-0.05, 0) is 80.8 Å². The molecule has 3 amide bonds. The van der Waals surface area contributed by atoms with E-state index in [0.717, 1.165) is 17.8 Å². The van der Waals surface area contributed by atoms with E-state index in [4.69, 9.17) is 5.73 Å². The van der Waals surface area contributed by atoms with E-state index in [2.05, 4.69) is 15.6 Å². The van der Waals surface area contributed by atoms with E-state index in [1.165, 1.54) is 51.6 Å². The number of carbonyl (C=O) groups excluding carboxylic acids is 3. The minimum absolute atomic E-state index is 0.134. The van der Waals surface area contributed by atoms with Crippen LogP contribution < -0.4 is 16.4 Å². The van der Waals surface area contributed by atoms with Crippen LogP contribution in [0, 0.1) is 23.2 Å². The fourth-order valence-corrected chi connectivity index (χ4v) is 6.51. The predicted octanol–water partition coefficient (Wildman–Crippen LogP) is 1.88. The lowest BCUT2D eigenvalue weighted by Crippen LogP contribution is -2.51. The number of nitrogens with two attached hydrogens (primary N) is 1. The van der Waals surface area contributed by atoms with Crippen molar-refractivity contribution in [1.82, 2.24) is 20.0 Å². The third-order valence-electron chi connectivity index (χ3n) is 7.52. The molecule has 6 rings (SSSR count). The number of fused-ring (bicyclic) bond motifs is 1. The Kier molecular flexibility index (Phi) is 4.75. The summed E-state index contributed by atoms with van der Waals surface area (Å²) in [6.07, 6.45) is 9.35. The average Bonchev–Trinajstić information content (AvgIpc) is 3.15. The van der Waals surface area contributed by atoms with Crippen molar-refractivity contribution in [2.24, 2.45) is 28.9 Å². The zero-order chi connectivity index (χ0) is 21.8. The summed E-state index contributed by atoms with van der Waals surface area (Å²) < 4.78 is 1.62. The third kappa shape index (κ3) is 3.68. The van der Waals surface area contributed by atoms with E-state index in [9.17, 15) is 14.4 Å². The molecule has 1 unspecified atom stereocenters. The van der Waals surface area contributed by atoms with Crippen LogP contribution in [0.1, 0.15) is 66.4 Å². The Labute approximate surface area is 181 Å². The number of primary amides is 1. The number of pyridine rings is 1. The smallest absolute Gasteiger partial charge is 0.272 e. The van der Waals surface area contributed by atoms with Crippen LogP contribution >= 0.6 is 0 Å². The summed E-state index contributed by atoms with van der Waals surface area (Å²) >= 11 is 0. The van der Waals surface area contributed by atoms with Crippen molar-refractivity contribution in [1.29, 1.82) is 0 Å². The lowest BCUT2D eigenvalue weighted by molar-refractivity contribution is -0.119. The predicted molar refractivity (Wildman–Crippen MR) is 114 cm³/mol. The maximum Gasteiger partial charge on any atom is 0.272 e. The second-order valence-corrected chi connectivity index (χ2v) is 9.96. The molecule has 2 aromatic heterocycles. The fraction of sp³-hybridized carbons (Fsp3) is 0.565. The topological polar surface area (TPSA) is 119 Å². The van der Waals surface area contributed by atoms with Crippen molar-refractivity contribution in [3.05, 3.63) is 35.8 Å². The molecule has 31 heavy (non-hydrogen) atoms. The van der Waals surface area contributed by atoms with E-state index >= 15 is 0 Å². The van der Waals surface area contributed by atoms with E-state index in [1.807, 2.05) is 0 Å². The highest BCUT2D eigenvalue weighted by Gasteiger charge is 2.50. The minimum Gasteiger partial charge on any atom is -0.368 e. The van der Waals surface area contributed by atoms with Crippen LogP contribution in [0.15, 0.2) is 24.4 Å². The normalized spacial score (nSPS) is 29.6. The Bertz CT molecular complexity index is 1020. The van der Waals surface area contributed by atoms with E-state index in [0.29, 0.717) is 17.9 Å². The summed E-state index contributed by atoms with van der Waals surface area (Å²) in [5, 5.41) is 5.70. The van der Waals surface area contributed by atoms with Crippen LogP contribution in [0.2, 0.25) is 0 Å². The van der Waals surface area contributed by atoms with Gasteiger partial charge in [0, 0.05) is 12.7 Å². The number of nitrogens with one attached hydrogen (secondary N) is 2. The molecule has 0 saturated heterocycles. The van der Waals surface area contributed by atoms with Crippen LogP contribution in [-0.4, -0.2) is 39.7 Å². The van der Waals surface area contributed by atoms with Crippen molar-refractivity contribution in [3.63, 3.8) is 0 Å². The second kappa shape index (κ2) is 7.35. The molecule has 0 radical (unpaired) electrons. The monoisotopic (exact) mass is 423 g/mol. The zero-order valence-electron chi connectivity index (χ0n) is 17.8. The molecule has 0 spiro atoms. The Balaban J connectivity index is 1.32. The highest BCUT2D eigenvalue weighted by atomic mass is 16.2. The molecule has 2 heterocycles. The molecule has 2 aromatic rings. The first kappa shape index (κ1) is 20.0. The molecule has 8 nitrogen and oxygen atoms in total. The third-order valence-corrected chi connectivity index (χ3v) is 7.52. The van der Waals surface area contributed by atoms with Gasteiger partial charge in [0.1, 0.15) is 23.1 Å². The van der Waals surface area contributed by atoms with Crippen molar-refractivity contribution in [2.75, 3.05) is 6.54 Å². The van der Waals surface area contributed by atoms with Gasteiger partial charge in [0.15, 0.2) is 0 Å². The molecule has 4 N–H and O–H groups in total. The van der Waals surface area contributed by atoms with Crippen LogP contribution in [0.3, 0.4) is 0 Å². The Morgan fingerprint density at radius 3 is 2.39 bits per heavy atom. The standard InChI is InChI=1S/C23H29N5O3/c1-13(20(24)29)26-21(30)17-11-28-18(3-2-4-19(28)27-17)22(31)25-12-23-8-14-5-15(9-23)7-16(6-14)10-23/h2-4,11,13-16H,5-10,12H2,1H3,(H2,24,29)(H,25,31)(H,26,30). The molecular weight excluding hydrogens is 394 g/mol. The van der Waals surface area contributed by atoms with Gasteiger partial charge in [-0.3, -0.25) is 18.8 Å². The lowest BCUT2D eigenvalue weighted by atomic mass is 9.49. The van der Waals surface area contributed by atoms with Gasteiger partial charge in [0.2, 0.25) is 5.91 Å². The number of imidazole rings is 1. The van der Waals surface area contributed by atoms with Gasteiger partial charge in [0.05, 0.1) is 0 Å². The maximum atomic E-state index is 13.1. The molecule has 4 bridgehead atoms. The minimum atomic E-state index is -0.805. The second-order valence-electron chi connectivity index (χ2n) is 9.96. The van der Waals surface area contributed by atoms with Gasteiger partial charge in [-0.15, -0.1) is 0 Å². The molecule has 164 valence electrons. The Morgan fingerprint density at radius 2 is 1.77 bits per heavy atom. The van der Waals surface area contributed by atoms with Gasteiger partial charge >= 0.3 is 0 Å². The molecule has 4 aliphatic carbocycles. The summed E-state index contributed by atoms with van der Waals surface area (Å²) in [5.74, 6) is 1.23. The van der Waals surface area contributed by atoms with Crippen molar-refractivity contribution < 1.29 is 14.4 Å². The van der Waals surface area contributed by atoms with Crippen LogP contribution in [0.25, 0.3) is 5.65 Å². The maximum absolute atomic E-state index is 13.1. The van der Waals surface area contributed by atoms with Crippen molar-refractivity contribution >= 4 is 23.4 Å². The number of amides is 3. The molecule has 4 saturated carbocycles. The van der Waals surface area contributed by atoms with Gasteiger partial charge < -0.3 is 16.4 Å². The number of nitrogens with zero attached hydrogens (tertiary/aromatic N) is 2.